The van der Waals surface area contributed by atoms with Crippen LogP contribution in [0, 0.1) is 5.92 Å². The lowest BCUT2D eigenvalue weighted by atomic mass is 9.93. The lowest BCUT2D eigenvalue weighted by Gasteiger charge is -2.27. The van der Waals surface area contributed by atoms with E-state index in [1.54, 1.807) is 0 Å². The molecular weight excluding hydrogens is 290 g/mol. The van der Waals surface area contributed by atoms with Crippen LogP contribution in [0.15, 0.2) is 4.52 Å². The second kappa shape index (κ2) is 6.07. The third-order valence-electron chi connectivity index (χ3n) is 5.35. The van der Waals surface area contributed by atoms with E-state index in [9.17, 15) is 0 Å². The summed E-state index contributed by atoms with van der Waals surface area (Å²) < 4.78 is 7.54. The molecule has 124 valence electrons. The highest BCUT2D eigenvalue weighted by molar-refractivity contribution is 5.55. The zero-order valence-corrected chi connectivity index (χ0v) is 14.1. The van der Waals surface area contributed by atoms with Crippen molar-refractivity contribution in [3.8, 4) is 11.6 Å². The largest absolute Gasteiger partial charge is 0.332 e. The molecule has 2 aromatic rings. The normalized spacial score (nSPS) is 19.9. The van der Waals surface area contributed by atoms with Crippen molar-refractivity contribution in [3.63, 3.8) is 0 Å². The van der Waals surface area contributed by atoms with Crippen LogP contribution in [0.3, 0.4) is 0 Å². The minimum atomic E-state index is 0.603. The maximum atomic E-state index is 5.55. The second-order valence-corrected chi connectivity index (χ2v) is 7.07. The van der Waals surface area contributed by atoms with Gasteiger partial charge in [0.15, 0.2) is 11.5 Å². The number of nitrogens with zero attached hydrogens (tertiary/aromatic N) is 5. The summed E-state index contributed by atoms with van der Waals surface area (Å²) in [6.45, 7) is 2.34. The van der Waals surface area contributed by atoms with Crippen LogP contribution in [0.5, 0.6) is 0 Å². The Morgan fingerprint density at radius 2 is 1.91 bits per heavy atom. The fourth-order valence-electron chi connectivity index (χ4n) is 3.90. The summed E-state index contributed by atoms with van der Waals surface area (Å²) in [5.41, 5.74) is 3.55. The minimum Gasteiger partial charge on any atom is -0.332 e. The quantitative estimate of drug-likeness (QED) is 0.869. The Kier molecular flexibility index (Phi) is 3.93. The van der Waals surface area contributed by atoms with Gasteiger partial charge in [0.05, 0.1) is 0 Å². The molecule has 2 aromatic heterocycles. The molecule has 4 rings (SSSR count). The molecule has 6 heteroatoms. The van der Waals surface area contributed by atoms with Crippen LogP contribution in [0.2, 0.25) is 0 Å². The van der Waals surface area contributed by atoms with E-state index in [1.165, 1.54) is 50.0 Å². The maximum absolute atomic E-state index is 5.55. The van der Waals surface area contributed by atoms with Crippen molar-refractivity contribution in [2.75, 3.05) is 20.1 Å². The molecule has 0 aromatic carbocycles. The molecule has 2 aliphatic rings. The van der Waals surface area contributed by atoms with E-state index in [1.807, 2.05) is 11.7 Å². The van der Waals surface area contributed by atoms with E-state index in [2.05, 4.69) is 27.2 Å². The number of hydrogen-bond acceptors (Lipinski definition) is 5. The molecule has 0 radical (unpaired) electrons. The molecule has 0 atom stereocenters. The van der Waals surface area contributed by atoms with Crippen LogP contribution in [0.4, 0.5) is 0 Å². The van der Waals surface area contributed by atoms with E-state index in [0.717, 1.165) is 30.8 Å². The third-order valence-corrected chi connectivity index (χ3v) is 5.35. The van der Waals surface area contributed by atoms with E-state index < -0.39 is 0 Å². The summed E-state index contributed by atoms with van der Waals surface area (Å²) >= 11 is 0. The van der Waals surface area contributed by atoms with Gasteiger partial charge in [0.2, 0.25) is 0 Å². The first kappa shape index (κ1) is 14.9. The summed E-state index contributed by atoms with van der Waals surface area (Å²) in [4.78, 5) is 7.04. The zero-order valence-electron chi connectivity index (χ0n) is 14.1. The van der Waals surface area contributed by atoms with Crippen molar-refractivity contribution in [1.82, 2.24) is 24.8 Å². The maximum Gasteiger partial charge on any atom is 0.278 e. The molecule has 1 fully saturated rings. The Hall–Kier alpha value is -1.69. The molecule has 0 spiro atoms. The molecule has 0 saturated carbocycles. The number of likely N-dealkylation sites (tertiary alicyclic amines) is 1. The monoisotopic (exact) mass is 315 g/mol. The first-order valence-corrected chi connectivity index (χ1v) is 8.77. The lowest BCUT2D eigenvalue weighted by Crippen LogP contribution is -2.31. The summed E-state index contributed by atoms with van der Waals surface area (Å²) in [6, 6.07) is 0. The summed E-state index contributed by atoms with van der Waals surface area (Å²) in [6.07, 6.45) is 8.02. The molecule has 0 bridgehead atoms. The number of piperidine rings is 1. The predicted molar refractivity (Wildman–Crippen MR) is 87.1 cm³/mol. The van der Waals surface area contributed by atoms with Crippen molar-refractivity contribution < 1.29 is 4.52 Å². The topological polar surface area (TPSA) is 60.0 Å². The Bertz CT molecular complexity index is 681. The van der Waals surface area contributed by atoms with Crippen LogP contribution in [-0.2, 0) is 26.3 Å². The van der Waals surface area contributed by atoms with Crippen LogP contribution >= 0.6 is 0 Å². The van der Waals surface area contributed by atoms with Gasteiger partial charge in [0, 0.05) is 24.7 Å². The highest BCUT2D eigenvalue weighted by atomic mass is 16.5. The Morgan fingerprint density at radius 1 is 1.13 bits per heavy atom. The fourth-order valence-corrected chi connectivity index (χ4v) is 3.90. The molecule has 0 unspecified atom stereocenters. The molecule has 3 heterocycles. The first-order valence-electron chi connectivity index (χ1n) is 8.77. The van der Waals surface area contributed by atoms with Gasteiger partial charge in [0.1, 0.15) is 0 Å². The molecule has 1 aliphatic carbocycles. The number of rotatable bonds is 3. The van der Waals surface area contributed by atoms with Gasteiger partial charge in [-0.25, -0.2) is 0 Å². The van der Waals surface area contributed by atoms with E-state index >= 15 is 0 Å². The van der Waals surface area contributed by atoms with Gasteiger partial charge in [-0.05, 0) is 64.6 Å². The van der Waals surface area contributed by atoms with Crippen LogP contribution in [0.25, 0.3) is 11.6 Å². The highest BCUT2D eigenvalue weighted by Gasteiger charge is 2.25. The van der Waals surface area contributed by atoms with Crippen LogP contribution in [-0.4, -0.2) is 45.0 Å². The SMILES string of the molecule is CN1CCC(Cc2noc(-c3nn(C)c4c3CCCC4)n2)CC1. The van der Waals surface area contributed by atoms with E-state index in [-0.39, 0.29) is 0 Å². The number of hydrogen-bond donors (Lipinski definition) is 0. The van der Waals surface area contributed by atoms with E-state index in [0.29, 0.717) is 11.8 Å². The van der Waals surface area contributed by atoms with Crippen LogP contribution in [0.1, 0.15) is 42.8 Å². The Morgan fingerprint density at radius 3 is 2.74 bits per heavy atom. The van der Waals surface area contributed by atoms with Gasteiger partial charge in [-0.15, -0.1) is 0 Å². The van der Waals surface area contributed by atoms with Gasteiger partial charge in [-0.3, -0.25) is 4.68 Å². The molecular formula is C17H25N5O. The Balaban J connectivity index is 1.52. The zero-order chi connectivity index (χ0) is 15.8. The molecule has 1 saturated heterocycles. The van der Waals surface area contributed by atoms with Gasteiger partial charge < -0.3 is 9.42 Å². The molecule has 0 N–H and O–H groups in total. The predicted octanol–water partition coefficient (Wildman–Crippen LogP) is 2.23. The average molecular weight is 315 g/mol. The smallest absolute Gasteiger partial charge is 0.278 e. The standard InChI is InChI=1S/C17H25N5O/c1-21-9-7-12(8-10-21)11-15-18-17(23-20-15)16-13-5-3-4-6-14(13)22(2)19-16/h12H,3-11H2,1-2H3. The minimum absolute atomic E-state index is 0.603. The summed E-state index contributed by atoms with van der Waals surface area (Å²) in [7, 11) is 4.20. The first-order chi connectivity index (χ1) is 11.2. The van der Waals surface area contributed by atoms with Gasteiger partial charge in [0.25, 0.3) is 5.89 Å². The molecule has 0 amide bonds. The number of aryl methyl sites for hydroxylation is 1. The van der Waals surface area contributed by atoms with Crippen LogP contribution < -0.4 is 0 Å². The van der Waals surface area contributed by atoms with Gasteiger partial charge in [-0.2, -0.15) is 10.1 Å². The average Bonchev–Trinajstić information content (AvgIpc) is 3.15. The van der Waals surface area contributed by atoms with Crippen molar-refractivity contribution in [3.05, 3.63) is 17.1 Å². The third kappa shape index (κ3) is 2.92. The highest BCUT2D eigenvalue weighted by Crippen LogP contribution is 2.30. The number of aromatic nitrogens is 4. The fraction of sp³-hybridized carbons (Fsp3) is 0.706. The van der Waals surface area contributed by atoms with Gasteiger partial charge in [-0.1, -0.05) is 5.16 Å². The molecule has 23 heavy (non-hydrogen) atoms. The van der Waals surface area contributed by atoms with E-state index in [4.69, 9.17) is 4.52 Å². The van der Waals surface area contributed by atoms with Crippen molar-refractivity contribution in [2.24, 2.45) is 13.0 Å². The Labute approximate surface area is 136 Å². The van der Waals surface area contributed by atoms with Gasteiger partial charge >= 0.3 is 0 Å². The lowest BCUT2D eigenvalue weighted by molar-refractivity contribution is 0.216. The molecule has 1 aliphatic heterocycles. The summed E-state index contributed by atoms with van der Waals surface area (Å²) in [5, 5.41) is 8.86. The molecule has 6 nitrogen and oxygen atoms in total. The van der Waals surface area contributed by atoms with Crippen molar-refractivity contribution in [1.29, 1.82) is 0 Å². The summed E-state index contributed by atoms with van der Waals surface area (Å²) in [5.74, 6) is 2.12. The second-order valence-electron chi connectivity index (χ2n) is 7.07. The van der Waals surface area contributed by atoms with Crippen molar-refractivity contribution in [2.45, 2.75) is 44.9 Å². The number of fused-ring (bicyclic) bond motifs is 1. The van der Waals surface area contributed by atoms with Crippen molar-refractivity contribution >= 4 is 0 Å².